The average Bonchev–Trinajstić information content (AvgIpc) is 2.67. The van der Waals surface area contributed by atoms with E-state index in [2.05, 4.69) is 10.6 Å². The molecule has 0 aromatic rings. The Bertz CT molecular complexity index is 785. The number of carboxylic acid groups (broad SMARTS) is 3. The molecule has 0 radical (unpaired) electrons. The van der Waals surface area contributed by atoms with Crippen LogP contribution in [0.5, 0.6) is 0 Å². The van der Waals surface area contributed by atoms with Crippen LogP contribution >= 0.6 is 0 Å². The van der Waals surface area contributed by atoms with Crippen LogP contribution in [0.1, 0.15) is 39.5 Å². The summed E-state index contributed by atoms with van der Waals surface area (Å²) in [5, 5.41) is 33.0. The fourth-order valence-corrected chi connectivity index (χ4v) is 2.52. The second-order valence-electron chi connectivity index (χ2n) is 7.50. The van der Waals surface area contributed by atoms with Gasteiger partial charge in [-0.05, 0) is 12.3 Å². The van der Waals surface area contributed by atoms with Crippen molar-refractivity contribution in [2.24, 2.45) is 17.4 Å². The monoisotopic (exact) mass is 475 g/mol. The van der Waals surface area contributed by atoms with E-state index < -0.39 is 90.9 Å². The van der Waals surface area contributed by atoms with Crippen molar-refractivity contribution >= 4 is 41.5 Å². The average molecular weight is 475 g/mol. The van der Waals surface area contributed by atoms with E-state index in [9.17, 15) is 33.6 Å². The van der Waals surface area contributed by atoms with E-state index in [1.165, 1.54) is 13.8 Å². The maximum atomic E-state index is 12.7. The zero-order valence-electron chi connectivity index (χ0n) is 18.1. The van der Waals surface area contributed by atoms with Crippen LogP contribution < -0.4 is 27.4 Å². The summed E-state index contributed by atoms with van der Waals surface area (Å²) in [5.41, 5.74) is 10.7. The standard InChI is InChI=1S/C18H29N5O10/c1-7(2)14(17(31)22-10(18(32)33)6-13(27)28)23-16(30)9(5-11(20)24)21-15(29)8(19)3-4-12(25)26/h7-10,14H,3-6,19H2,1-2H3,(H2,20,24)(H,21,29)(H,22,31)(H,23,30)(H,25,26)(H,27,28)(H,32,33). The Hall–Kier alpha value is -3.75. The fraction of sp³-hybridized carbons (Fsp3) is 0.611. The summed E-state index contributed by atoms with van der Waals surface area (Å²) in [6.07, 6.45) is -2.25. The Morgan fingerprint density at radius 3 is 1.73 bits per heavy atom. The minimum atomic E-state index is -1.76. The summed E-state index contributed by atoms with van der Waals surface area (Å²) in [4.78, 5) is 81.3. The minimum absolute atomic E-state index is 0.247. The molecule has 0 aliphatic carbocycles. The van der Waals surface area contributed by atoms with Crippen LogP contribution in [-0.4, -0.2) is 81.0 Å². The number of primary amides is 1. The number of nitrogens with one attached hydrogen (secondary N) is 3. The third-order valence-electron chi connectivity index (χ3n) is 4.28. The number of carbonyl (C=O) groups is 7. The van der Waals surface area contributed by atoms with Crippen molar-refractivity contribution in [2.75, 3.05) is 0 Å². The van der Waals surface area contributed by atoms with Gasteiger partial charge in [0, 0.05) is 6.42 Å². The molecule has 186 valence electrons. The fourth-order valence-electron chi connectivity index (χ4n) is 2.52. The van der Waals surface area contributed by atoms with Crippen molar-refractivity contribution in [3.8, 4) is 0 Å². The van der Waals surface area contributed by atoms with Crippen molar-refractivity contribution in [1.82, 2.24) is 16.0 Å². The Balaban J connectivity index is 5.43. The third-order valence-corrected chi connectivity index (χ3v) is 4.28. The van der Waals surface area contributed by atoms with Crippen molar-refractivity contribution in [3.63, 3.8) is 0 Å². The first-order chi connectivity index (χ1) is 15.1. The summed E-state index contributed by atoms with van der Waals surface area (Å²) < 4.78 is 0. The molecule has 0 heterocycles. The number of carbonyl (C=O) groups excluding carboxylic acids is 4. The Labute approximate surface area is 188 Å². The Morgan fingerprint density at radius 2 is 1.30 bits per heavy atom. The first-order valence-electron chi connectivity index (χ1n) is 9.77. The normalized spacial score (nSPS) is 14.3. The lowest BCUT2D eigenvalue weighted by Crippen LogP contribution is -2.59. The largest absolute Gasteiger partial charge is 0.481 e. The van der Waals surface area contributed by atoms with Crippen LogP contribution in [0.15, 0.2) is 0 Å². The highest BCUT2D eigenvalue weighted by atomic mass is 16.4. The lowest BCUT2D eigenvalue weighted by Gasteiger charge is -2.26. The molecule has 0 aliphatic heterocycles. The number of aliphatic carboxylic acids is 3. The summed E-state index contributed by atoms with van der Waals surface area (Å²) >= 11 is 0. The van der Waals surface area contributed by atoms with Gasteiger partial charge in [-0.1, -0.05) is 13.8 Å². The number of rotatable bonds is 15. The van der Waals surface area contributed by atoms with Crippen molar-refractivity contribution in [3.05, 3.63) is 0 Å². The summed E-state index contributed by atoms with van der Waals surface area (Å²) in [6.45, 7) is 3.00. The van der Waals surface area contributed by atoms with E-state index >= 15 is 0 Å². The molecule has 0 bridgehead atoms. The lowest BCUT2D eigenvalue weighted by molar-refractivity contribution is -0.147. The first kappa shape index (κ1) is 29.2. The van der Waals surface area contributed by atoms with E-state index in [4.69, 9.17) is 26.8 Å². The molecule has 15 heteroatoms. The zero-order chi connectivity index (χ0) is 25.9. The Kier molecular flexibility index (Phi) is 12.1. The smallest absolute Gasteiger partial charge is 0.326 e. The number of hydrogen-bond acceptors (Lipinski definition) is 8. The highest BCUT2D eigenvalue weighted by molar-refractivity contribution is 5.96. The molecule has 4 atom stereocenters. The molecule has 0 rings (SSSR count). The highest BCUT2D eigenvalue weighted by Crippen LogP contribution is 2.06. The molecule has 4 amide bonds. The second kappa shape index (κ2) is 13.6. The second-order valence-corrected chi connectivity index (χ2v) is 7.50. The molecule has 0 aliphatic rings. The molecule has 0 saturated carbocycles. The van der Waals surface area contributed by atoms with Crippen molar-refractivity contribution in [1.29, 1.82) is 0 Å². The van der Waals surface area contributed by atoms with Crippen molar-refractivity contribution in [2.45, 2.75) is 63.7 Å². The predicted octanol–water partition coefficient (Wildman–Crippen LogP) is -3.28. The van der Waals surface area contributed by atoms with Crippen LogP contribution in [0.25, 0.3) is 0 Å². The van der Waals surface area contributed by atoms with E-state index in [-0.39, 0.29) is 6.42 Å². The summed E-state index contributed by atoms with van der Waals surface area (Å²) in [7, 11) is 0. The van der Waals surface area contributed by atoms with E-state index in [1.807, 2.05) is 5.32 Å². The molecular formula is C18H29N5O10. The SMILES string of the molecule is CC(C)C(NC(=O)C(CC(N)=O)NC(=O)C(N)CCC(=O)O)C(=O)NC(CC(=O)O)C(=O)O. The van der Waals surface area contributed by atoms with Gasteiger partial charge in [-0.15, -0.1) is 0 Å². The zero-order valence-corrected chi connectivity index (χ0v) is 18.1. The van der Waals surface area contributed by atoms with Crippen LogP contribution in [0.4, 0.5) is 0 Å². The molecule has 15 nitrogen and oxygen atoms in total. The van der Waals surface area contributed by atoms with E-state index in [0.717, 1.165) is 0 Å². The van der Waals surface area contributed by atoms with Crippen LogP contribution in [0.3, 0.4) is 0 Å². The van der Waals surface area contributed by atoms with E-state index in [0.29, 0.717) is 0 Å². The van der Waals surface area contributed by atoms with Crippen LogP contribution in [0.2, 0.25) is 0 Å². The first-order valence-corrected chi connectivity index (χ1v) is 9.77. The molecule has 10 N–H and O–H groups in total. The van der Waals surface area contributed by atoms with Gasteiger partial charge in [0.05, 0.1) is 18.9 Å². The number of amides is 4. The highest BCUT2D eigenvalue weighted by Gasteiger charge is 2.33. The number of carboxylic acids is 3. The molecule has 0 saturated heterocycles. The van der Waals surface area contributed by atoms with Gasteiger partial charge in [0.1, 0.15) is 18.1 Å². The van der Waals surface area contributed by atoms with Gasteiger partial charge in [0.2, 0.25) is 23.6 Å². The van der Waals surface area contributed by atoms with Gasteiger partial charge in [-0.2, -0.15) is 0 Å². The molecule has 0 spiro atoms. The summed E-state index contributed by atoms with van der Waals surface area (Å²) in [5.74, 6) is -8.83. The van der Waals surface area contributed by atoms with Gasteiger partial charge in [0.15, 0.2) is 0 Å². The van der Waals surface area contributed by atoms with Gasteiger partial charge >= 0.3 is 17.9 Å². The molecule has 4 unspecified atom stereocenters. The van der Waals surface area contributed by atoms with Gasteiger partial charge in [-0.25, -0.2) is 4.79 Å². The van der Waals surface area contributed by atoms with Gasteiger partial charge in [-0.3, -0.25) is 28.8 Å². The molecule has 0 fully saturated rings. The van der Waals surface area contributed by atoms with Crippen LogP contribution in [0, 0.1) is 5.92 Å². The Morgan fingerprint density at radius 1 is 0.758 bits per heavy atom. The van der Waals surface area contributed by atoms with Gasteiger partial charge < -0.3 is 42.7 Å². The van der Waals surface area contributed by atoms with E-state index in [1.54, 1.807) is 0 Å². The maximum Gasteiger partial charge on any atom is 0.326 e. The molecular weight excluding hydrogens is 446 g/mol. The maximum absolute atomic E-state index is 12.7. The third kappa shape index (κ3) is 11.4. The van der Waals surface area contributed by atoms with Crippen LogP contribution in [-0.2, 0) is 33.6 Å². The summed E-state index contributed by atoms with van der Waals surface area (Å²) in [6, 6.07) is -5.99. The molecule has 0 aromatic carbocycles. The predicted molar refractivity (Wildman–Crippen MR) is 109 cm³/mol. The molecule has 0 aromatic heterocycles. The number of hydrogen-bond donors (Lipinski definition) is 8. The minimum Gasteiger partial charge on any atom is -0.481 e. The van der Waals surface area contributed by atoms with Gasteiger partial charge in [0.25, 0.3) is 0 Å². The lowest BCUT2D eigenvalue weighted by atomic mass is 10.0. The number of nitrogens with two attached hydrogens (primary N) is 2. The topological polar surface area (TPSA) is 268 Å². The quantitative estimate of drug-likeness (QED) is 0.116. The molecule has 33 heavy (non-hydrogen) atoms. The van der Waals surface area contributed by atoms with Crippen molar-refractivity contribution < 1.29 is 48.9 Å².